The lowest BCUT2D eigenvalue weighted by atomic mass is 10.0. The van der Waals surface area contributed by atoms with Crippen molar-refractivity contribution < 1.29 is 23.1 Å². The van der Waals surface area contributed by atoms with Gasteiger partial charge in [0.1, 0.15) is 0 Å². The van der Waals surface area contributed by atoms with E-state index in [1.807, 2.05) is 0 Å². The number of ketones is 1. The number of rotatable bonds is 5. The summed E-state index contributed by atoms with van der Waals surface area (Å²) in [5.41, 5.74) is 0.120. The van der Waals surface area contributed by atoms with Gasteiger partial charge in [-0.05, 0) is 18.2 Å². The van der Waals surface area contributed by atoms with E-state index in [-0.39, 0.29) is 38.3 Å². The lowest BCUT2D eigenvalue weighted by Crippen LogP contribution is -2.11. The highest BCUT2D eigenvalue weighted by Crippen LogP contribution is 2.26. The highest BCUT2D eigenvalue weighted by Gasteiger charge is 2.22. The molecule has 0 aliphatic heterocycles. The van der Waals surface area contributed by atoms with Crippen molar-refractivity contribution in [2.45, 2.75) is 11.4 Å². The Balaban J connectivity index is 2.17. The van der Waals surface area contributed by atoms with Crippen LogP contribution in [0.25, 0.3) is 5.52 Å². The van der Waals surface area contributed by atoms with Crippen LogP contribution in [0.15, 0.2) is 35.6 Å². The van der Waals surface area contributed by atoms with Gasteiger partial charge >= 0.3 is 5.97 Å². The van der Waals surface area contributed by atoms with Crippen molar-refractivity contribution in [3.05, 3.63) is 57.5 Å². The van der Waals surface area contributed by atoms with Crippen LogP contribution < -0.4 is 0 Å². The summed E-state index contributed by atoms with van der Waals surface area (Å²) in [7, 11) is -3.71. The van der Waals surface area contributed by atoms with Gasteiger partial charge in [-0.2, -0.15) is 5.10 Å². The van der Waals surface area contributed by atoms with Gasteiger partial charge in [0.25, 0.3) is 0 Å². The molecule has 3 rings (SSSR count). The molecule has 3 aromatic rings. The second-order valence-electron chi connectivity index (χ2n) is 5.67. The SMILES string of the molecule is CS(=O)(=O)c1ccc(C(=O)Cc2c(Cl)cncc2Cl)c2cc(C(=O)O)nn12. The van der Waals surface area contributed by atoms with Crippen molar-refractivity contribution in [2.24, 2.45) is 0 Å². The Bertz CT molecular complexity index is 1180. The Morgan fingerprint density at radius 2 is 1.81 bits per heavy atom. The number of carbonyl (C=O) groups is 2. The van der Waals surface area contributed by atoms with Gasteiger partial charge in [0, 0.05) is 36.2 Å². The molecule has 8 nitrogen and oxygen atoms in total. The van der Waals surface area contributed by atoms with E-state index in [4.69, 9.17) is 28.3 Å². The summed E-state index contributed by atoms with van der Waals surface area (Å²) in [6.07, 6.45) is 3.48. The van der Waals surface area contributed by atoms with Crippen molar-refractivity contribution in [3.63, 3.8) is 0 Å². The van der Waals surface area contributed by atoms with Crippen molar-refractivity contribution in [3.8, 4) is 0 Å². The van der Waals surface area contributed by atoms with Gasteiger partial charge in [0.15, 0.2) is 26.3 Å². The first-order chi connectivity index (χ1) is 12.6. The van der Waals surface area contributed by atoms with Crippen LogP contribution in [0, 0.1) is 0 Å². The van der Waals surface area contributed by atoms with Gasteiger partial charge in [-0.15, -0.1) is 0 Å². The maximum absolute atomic E-state index is 12.8. The topological polar surface area (TPSA) is 119 Å². The molecule has 3 aromatic heterocycles. The standard InChI is InChI=1S/C16H11Cl2N3O5S/c1-27(25,26)15-3-2-8(13-5-12(16(23)24)20-21(13)15)14(22)4-9-10(17)6-19-7-11(9)18/h2-3,5-7H,4H2,1H3,(H,23,24). The summed E-state index contributed by atoms with van der Waals surface area (Å²) < 4.78 is 24.8. The first-order valence-electron chi connectivity index (χ1n) is 7.37. The molecular weight excluding hydrogens is 417 g/mol. The molecule has 0 saturated heterocycles. The Labute approximate surface area is 163 Å². The first kappa shape index (κ1) is 19.3. The van der Waals surface area contributed by atoms with Crippen molar-refractivity contribution in [1.82, 2.24) is 14.6 Å². The predicted molar refractivity (Wildman–Crippen MR) is 97.6 cm³/mol. The summed E-state index contributed by atoms with van der Waals surface area (Å²) in [6.45, 7) is 0. The van der Waals surface area contributed by atoms with Crippen molar-refractivity contribution in [2.75, 3.05) is 6.26 Å². The third-order valence-corrected chi connectivity index (χ3v) is 5.50. The van der Waals surface area contributed by atoms with E-state index in [2.05, 4.69) is 10.1 Å². The predicted octanol–water partition coefficient (Wildman–Crippen LogP) is 2.56. The Kier molecular flexibility index (Phi) is 4.94. The molecular formula is C16H11Cl2N3O5S. The number of hydrogen-bond acceptors (Lipinski definition) is 6. The van der Waals surface area contributed by atoms with Crippen LogP contribution in [0.1, 0.15) is 26.4 Å². The van der Waals surface area contributed by atoms with E-state index in [1.165, 1.54) is 24.5 Å². The lowest BCUT2D eigenvalue weighted by molar-refractivity contribution is 0.0689. The molecule has 0 bridgehead atoms. The molecule has 1 N–H and O–H groups in total. The number of halogens is 2. The van der Waals surface area contributed by atoms with Crippen LogP contribution >= 0.6 is 23.2 Å². The molecule has 0 atom stereocenters. The molecule has 0 saturated carbocycles. The van der Waals surface area contributed by atoms with E-state index >= 15 is 0 Å². The fourth-order valence-corrected chi connectivity index (χ4v) is 3.80. The zero-order valence-electron chi connectivity index (χ0n) is 13.7. The average Bonchev–Trinajstić information content (AvgIpc) is 3.01. The summed E-state index contributed by atoms with van der Waals surface area (Å²) in [4.78, 5) is 27.9. The molecule has 0 aliphatic rings. The monoisotopic (exact) mass is 427 g/mol. The third kappa shape index (κ3) is 3.66. The van der Waals surface area contributed by atoms with Gasteiger partial charge in [-0.3, -0.25) is 9.78 Å². The highest BCUT2D eigenvalue weighted by atomic mass is 35.5. The van der Waals surface area contributed by atoms with E-state index in [1.54, 1.807) is 0 Å². The summed E-state index contributed by atoms with van der Waals surface area (Å²) in [5.74, 6) is -1.79. The summed E-state index contributed by atoms with van der Waals surface area (Å²) in [6, 6.07) is 3.65. The lowest BCUT2D eigenvalue weighted by Gasteiger charge is -2.09. The second-order valence-corrected chi connectivity index (χ2v) is 8.45. The minimum atomic E-state index is -3.71. The summed E-state index contributed by atoms with van der Waals surface area (Å²) >= 11 is 12.1. The van der Waals surface area contributed by atoms with Gasteiger partial charge in [0.2, 0.25) is 0 Å². The number of aromatic nitrogens is 3. The summed E-state index contributed by atoms with van der Waals surface area (Å²) in [5, 5.41) is 13.1. The number of carbonyl (C=O) groups excluding carboxylic acids is 1. The van der Waals surface area contributed by atoms with Gasteiger partial charge < -0.3 is 5.11 Å². The number of Topliss-reactive ketones (excluding diaryl/α,β-unsaturated/α-hetero) is 1. The molecule has 0 unspecified atom stereocenters. The molecule has 0 fully saturated rings. The number of fused-ring (bicyclic) bond motifs is 1. The zero-order valence-corrected chi connectivity index (χ0v) is 16.0. The van der Waals surface area contributed by atoms with Crippen LogP contribution in [0.5, 0.6) is 0 Å². The molecule has 0 aromatic carbocycles. The zero-order chi connectivity index (χ0) is 19.9. The van der Waals surface area contributed by atoms with E-state index in [0.29, 0.717) is 5.56 Å². The van der Waals surface area contributed by atoms with Crippen molar-refractivity contribution >= 4 is 50.3 Å². The maximum Gasteiger partial charge on any atom is 0.356 e. The van der Waals surface area contributed by atoms with Gasteiger partial charge in [0.05, 0.1) is 15.6 Å². The van der Waals surface area contributed by atoms with Crippen LogP contribution in [-0.4, -0.2) is 46.1 Å². The molecule has 11 heteroatoms. The van der Waals surface area contributed by atoms with Crippen LogP contribution in [0.2, 0.25) is 10.0 Å². The minimum absolute atomic E-state index is 0.0571. The molecule has 0 aliphatic carbocycles. The van der Waals surface area contributed by atoms with Gasteiger partial charge in [-0.25, -0.2) is 17.7 Å². The highest BCUT2D eigenvalue weighted by molar-refractivity contribution is 7.90. The molecule has 140 valence electrons. The molecule has 27 heavy (non-hydrogen) atoms. The number of hydrogen-bond donors (Lipinski definition) is 1. The molecule has 0 radical (unpaired) electrons. The number of aromatic carboxylic acids is 1. The number of carboxylic acids is 1. The number of sulfone groups is 1. The number of pyridine rings is 2. The smallest absolute Gasteiger partial charge is 0.356 e. The van der Waals surface area contributed by atoms with Crippen LogP contribution in [0.4, 0.5) is 0 Å². The van der Waals surface area contributed by atoms with Crippen LogP contribution in [-0.2, 0) is 16.3 Å². The fourth-order valence-electron chi connectivity index (χ4n) is 2.54. The largest absolute Gasteiger partial charge is 0.476 e. The normalized spacial score (nSPS) is 11.7. The quantitative estimate of drug-likeness (QED) is 0.621. The second kappa shape index (κ2) is 6.91. The Morgan fingerprint density at radius 3 is 2.37 bits per heavy atom. The average molecular weight is 428 g/mol. The number of carboxylic acid groups (broad SMARTS) is 1. The molecule has 0 spiro atoms. The number of nitrogens with zero attached hydrogens (tertiary/aromatic N) is 3. The molecule has 0 amide bonds. The Morgan fingerprint density at radius 1 is 1.19 bits per heavy atom. The fraction of sp³-hybridized carbons (Fsp3) is 0.125. The maximum atomic E-state index is 12.8. The molecule has 3 heterocycles. The Hall–Kier alpha value is -2.49. The van der Waals surface area contributed by atoms with Crippen LogP contribution in [0.3, 0.4) is 0 Å². The van der Waals surface area contributed by atoms with E-state index in [0.717, 1.165) is 16.8 Å². The van der Waals surface area contributed by atoms with Gasteiger partial charge in [-0.1, -0.05) is 23.2 Å². The van der Waals surface area contributed by atoms with Crippen molar-refractivity contribution in [1.29, 1.82) is 0 Å². The van der Waals surface area contributed by atoms with E-state index in [9.17, 15) is 18.0 Å². The third-order valence-electron chi connectivity index (χ3n) is 3.78. The minimum Gasteiger partial charge on any atom is -0.476 e. The first-order valence-corrected chi connectivity index (χ1v) is 10.0. The van der Waals surface area contributed by atoms with E-state index < -0.39 is 21.6 Å².